The maximum Gasteiger partial charge on any atom is 0.257 e. The van der Waals surface area contributed by atoms with Crippen molar-refractivity contribution in [2.24, 2.45) is 0 Å². The van der Waals surface area contributed by atoms with Gasteiger partial charge in [0.1, 0.15) is 36.2 Å². The molecule has 1 aliphatic rings. The van der Waals surface area contributed by atoms with E-state index in [0.29, 0.717) is 13.2 Å². The highest BCUT2D eigenvalue weighted by Gasteiger charge is 2.21. The Morgan fingerprint density at radius 3 is 2.58 bits per heavy atom. The first-order valence-corrected chi connectivity index (χ1v) is 8.41. The zero-order chi connectivity index (χ0) is 18.1. The van der Waals surface area contributed by atoms with E-state index < -0.39 is 0 Å². The number of aromatic nitrogens is 2. The molecular formula is C20H19FN2O3. The lowest BCUT2D eigenvalue weighted by Crippen LogP contribution is -2.17. The fourth-order valence-corrected chi connectivity index (χ4v) is 3.11. The molecule has 6 heteroatoms. The first kappa shape index (κ1) is 16.4. The third-order valence-electron chi connectivity index (χ3n) is 4.62. The molecule has 0 aliphatic carbocycles. The normalized spacial score (nSPS) is 13.8. The van der Waals surface area contributed by atoms with Crippen LogP contribution in [-0.2, 0) is 22.6 Å². The molecule has 0 bridgehead atoms. The Labute approximate surface area is 150 Å². The first-order valence-electron chi connectivity index (χ1n) is 8.41. The molecule has 0 fully saturated rings. The third kappa shape index (κ3) is 2.98. The summed E-state index contributed by atoms with van der Waals surface area (Å²) in [5.74, 6) is 0.465. The van der Waals surface area contributed by atoms with E-state index >= 15 is 0 Å². The van der Waals surface area contributed by atoms with Crippen LogP contribution in [0.4, 0.5) is 4.39 Å². The maximum absolute atomic E-state index is 13.1. The minimum absolute atomic E-state index is 0.259. The number of nitrogens with zero attached hydrogens (tertiary/aromatic N) is 2. The first-order chi connectivity index (χ1) is 12.6. The van der Waals surface area contributed by atoms with Crippen LogP contribution < -0.4 is 4.74 Å². The van der Waals surface area contributed by atoms with Crippen LogP contribution >= 0.6 is 0 Å². The molecule has 0 unspecified atom stereocenters. The van der Waals surface area contributed by atoms with Crippen molar-refractivity contribution in [3.05, 3.63) is 71.7 Å². The molecule has 0 N–H and O–H groups in total. The Morgan fingerprint density at radius 2 is 1.85 bits per heavy atom. The minimum atomic E-state index is -0.367. The van der Waals surface area contributed by atoms with Gasteiger partial charge in [0.25, 0.3) is 6.29 Å². The molecule has 4 rings (SSSR count). The van der Waals surface area contributed by atoms with Crippen LogP contribution in [-0.4, -0.2) is 15.8 Å². The van der Waals surface area contributed by atoms with Gasteiger partial charge in [-0.1, -0.05) is 12.1 Å². The van der Waals surface area contributed by atoms with E-state index in [1.807, 2.05) is 19.9 Å². The number of ether oxygens (including phenoxy) is 3. The minimum Gasteiger partial charge on any atom is -0.487 e. The highest BCUT2D eigenvalue weighted by Crippen LogP contribution is 2.32. The van der Waals surface area contributed by atoms with Gasteiger partial charge in [-0.3, -0.25) is 4.98 Å². The Bertz CT molecular complexity index is 955. The lowest BCUT2D eigenvalue weighted by molar-refractivity contribution is -0.0337. The molecule has 1 aromatic carbocycles. The second-order valence-corrected chi connectivity index (χ2v) is 6.22. The van der Waals surface area contributed by atoms with E-state index in [-0.39, 0.29) is 12.1 Å². The zero-order valence-electron chi connectivity index (χ0n) is 14.6. The van der Waals surface area contributed by atoms with Crippen LogP contribution in [0, 0.1) is 19.7 Å². The van der Waals surface area contributed by atoms with Crippen LogP contribution in [0.5, 0.6) is 5.75 Å². The molecule has 3 heterocycles. The van der Waals surface area contributed by atoms with Gasteiger partial charge in [-0.25, -0.2) is 4.39 Å². The predicted octanol–water partition coefficient (Wildman–Crippen LogP) is 4.22. The molecule has 134 valence electrons. The average molecular weight is 354 g/mol. The van der Waals surface area contributed by atoms with Crippen LogP contribution in [0.25, 0.3) is 11.0 Å². The summed E-state index contributed by atoms with van der Waals surface area (Å²) in [4.78, 5) is 4.52. The van der Waals surface area contributed by atoms with Crippen LogP contribution in [0.1, 0.15) is 16.8 Å². The number of rotatable bonds is 5. The number of benzene rings is 1. The van der Waals surface area contributed by atoms with Crippen molar-refractivity contribution in [2.45, 2.75) is 33.3 Å². The van der Waals surface area contributed by atoms with Crippen molar-refractivity contribution < 1.29 is 18.6 Å². The van der Waals surface area contributed by atoms with Gasteiger partial charge in [0, 0.05) is 18.0 Å². The van der Waals surface area contributed by atoms with Crippen LogP contribution in [0.15, 0.2) is 49.1 Å². The van der Waals surface area contributed by atoms with Crippen molar-refractivity contribution in [3.63, 3.8) is 0 Å². The summed E-state index contributed by atoms with van der Waals surface area (Å²) in [5.41, 5.74) is 4.88. The smallest absolute Gasteiger partial charge is 0.257 e. The van der Waals surface area contributed by atoms with Gasteiger partial charge in [0.05, 0.1) is 12.1 Å². The number of halogens is 1. The molecule has 0 radical (unpaired) electrons. The van der Waals surface area contributed by atoms with Crippen molar-refractivity contribution in [1.29, 1.82) is 0 Å². The second kappa shape index (κ2) is 6.71. The number of fused-ring (bicyclic) bond motifs is 1. The SMILES string of the molecule is Cc1c(C)n(CC2OC=CO2)c2c(OCc3ccc(F)cc3)ccnc12. The molecule has 0 saturated heterocycles. The fourth-order valence-electron chi connectivity index (χ4n) is 3.11. The number of pyridine rings is 1. The van der Waals surface area contributed by atoms with Crippen molar-refractivity contribution in [1.82, 2.24) is 9.55 Å². The molecule has 0 atom stereocenters. The van der Waals surface area contributed by atoms with E-state index in [2.05, 4.69) is 9.55 Å². The van der Waals surface area contributed by atoms with Gasteiger partial charge in [-0.15, -0.1) is 0 Å². The Hall–Kier alpha value is -3.02. The lowest BCUT2D eigenvalue weighted by Gasteiger charge is -2.16. The van der Waals surface area contributed by atoms with Gasteiger partial charge >= 0.3 is 0 Å². The number of aryl methyl sites for hydroxylation is 1. The Kier molecular flexibility index (Phi) is 4.24. The molecule has 5 nitrogen and oxygen atoms in total. The molecule has 26 heavy (non-hydrogen) atoms. The molecule has 3 aromatic rings. The molecule has 1 aliphatic heterocycles. The number of hydrogen-bond donors (Lipinski definition) is 0. The Balaban J connectivity index is 1.67. The molecule has 0 saturated carbocycles. The lowest BCUT2D eigenvalue weighted by atomic mass is 10.2. The Morgan fingerprint density at radius 1 is 1.12 bits per heavy atom. The summed E-state index contributed by atoms with van der Waals surface area (Å²) < 4.78 is 32.1. The van der Waals surface area contributed by atoms with Gasteiger partial charge in [0.2, 0.25) is 0 Å². The predicted molar refractivity (Wildman–Crippen MR) is 95.0 cm³/mol. The largest absolute Gasteiger partial charge is 0.487 e. The summed E-state index contributed by atoms with van der Waals surface area (Å²) in [5, 5.41) is 0. The van der Waals surface area contributed by atoms with Crippen LogP contribution in [0.2, 0.25) is 0 Å². The van der Waals surface area contributed by atoms with Gasteiger partial charge in [0.15, 0.2) is 0 Å². The zero-order valence-corrected chi connectivity index (χ0v) is 14.6. The standard InChI is InChI=1S/C20H19FN2O3/c1-13-14(2)23(11-18-24-9-10-25-18)20-17(7-8-22-19(13)20)26-12-15-3-5-16(21)6-4-15/h3-10,18H,11-12H2,1-2H3. The topological polar surface area (TPSA) is 45.5 Å². The molecule has 0 spiro atoms. The average Bonchev–Trinajstić information content (AvgIpc) is 3.25. The van der Waals surface area contributed by atoms with Gasteiger partial charge in [-0.05, 0) is 37.1 Å². The maximum atomic E-state index is 13.1. The van der Waals surface area contributed by atoms with Gasteiger partial charge in [-0.2, -0.15) is 0 Å². The van der Waals surface area contributed by atoms with Crippen molar-refractivity contribution in [3.8, 4) is 5.75 Å². The van der Waals surface area contributed by atoms with E-state index in [0.717, 1.165) is 33.6 Å². The quantitative estimate of drug-likeness (QED) is 0.688. The number of hydrogen-bond acceptors (Lipinski definition) is 4. The highest BCUT2D eigenvalue weighted by atomic mass is 19.1. The summed E-state index contributed by atoms with van der Waals surface area (Å²) in [6, 6.07) is 8.14. The second-order valence-electron chi connectivity index (χ2n) is 6.22. The summed E-state index contributed by atoms with van der Waals surface area (Å²) in [6.45, 7) is 4.96. The van der Waals surface area contributed by atoms with Gasteiger partial charge < -0.3 is 18.8 Å². The highest BCUT2D eigenvalue weighted by molar-refractivity contribution is 5.86. The summed E-state index contributed by atoms with van der Waals surface area (Å²) in [7, 11) is 0. The van der Waals surface area contributed by atoms with E-state index in [1.54, 1.807) is 30.9 Å². The fraction of sp³-hybridized carbons (Fsp3) is 0.250. The molecule has 0 amide bonds. The molecular weight excluding hydrogens is 335 g/mol. The monoisotopic (exact) mass is 354 g/mol. The van der Waals surface area contributed by atoms with Crippen LogP contribution in [0.3, 0.4) is 0 Å². The van der Waals surface area contributed by atoms with Crippen molar-refractivity contribution in [2.75, 3.05) is 0 Å². The summed E-state index contributed by atoms with van der Waals surface area (Å²) in [6.07, 6.45) is 4.46. The van der Waals surface area contributed by atoms with E-state index in [4.69, 9.17) is 14.2 Å². The third-order valence-corrected chi connectivity index (χ3v) is 4.62. The van der Waals surface area contributed by atoms with E-state index in [1.165, 1.54) is 12.1 Å². The summed E-state index contributed by atoms with van der Waals surface area (Å²) >= 11 is 0. The van der Waals surface area contributed by atoms with Crippen molar-refractivity contribution >= 4 is 11.0 Å². The molecule has 2 aromatic heterocycles. The van der Waals surface area contributed by atoms with E-state index in [9.17, 15) is 4.39 Å².